The Morgan fingerprint density at radius 1 is 0.757 bits per heavy atom. The van der Waals surface area contributed by atoms with Gasteiger partial charge >= 0.3 is 5.97 Å². The van der Waals surface area contributed by atoms with Crippen LogP contribution in [0.3, 0.4) is 0 Å². The first-order valence-electron chi connectivity index (χ1n) is 12.9. The summed E-state index contributed by atoms with van der Waals surface area (Å²) in [5, 5.41) is 11.2. The third-order valence-corrected chi connectivity index (χ3v) is 5.27. The lowest BCUT2D eigenvalue weighted by atomic mass is 10.1. The molecule has 0 bridgehead atoms. The third-order valence-electron chi connectivity index (χ3n) is 5.27. The second-order valence-corrected chi connectivity index (χ2v) is 9.18. The average Bonchev–Trinajstić information content (AvgIpc) is 2.87. The number of carbonyl (C=O) groups excluding carboxylic acids is 1. The van der Waals surface area contributed by atoms with Crippen molar-refractivity contribution >= 4 is 11.9 Å². The van der Waals surface area contributed by atoms with E-state index in [2.05, 4.69) is 29.6 Å². The number of hydrogen-bond acceptors (Lipinski definition) is 7. The molecule has 0 aromatic heterocycles. The molecule has 9 heteroatoms. The van der Waals surface area contributed by atoms with Gasteiger partial charge in [0.05, 0.1) is 6.04 Å². The molecule has 0 aliphatic heterocycles. The second-order valence-electron chi connectivity index (χ2n) is 9.18. The van der Waals surface area contributed by atoms with Gasteiger partial charge in [0.25, 0.3) is 0 Å². The lowest BCUT2D eigenvalue weighted by Crippen LogP contribution is -2.45. The Kier molecular flexibility index (Phi) is 19.7. The zero-order valence-corrected chi connectivity index (χ0v) is 22.4. The summed E-state index contributed by atoms with van der Waals surface area (Å²) in [6, 6.07) is 19.5. The quantitative estimate of drug-likeness (QED) is 0.208. The van der Waals surface area contributed by atoms with Crippen LogP contribution >= 0.6 is 0 Å². The molecule has 0 saturated heterocycles. The fraction of sp³-hybridized carbons (Fsp3) is 0.500. The van der Waals surface area contributed by atoms with Crippen LogP contribution in [0.5, 0.6) is 0 Å². The van der Waals surface area contributed by atoms with Gasteiger partial charge in [0.2, 0.25) is 5.91 Å². The molecule has 0 fully saturated rings. The highest BCUT2D eigenvalue weighted by molar-refractivity contribution is 5.81. The zero-order chi connectivity index (χ0) is 28.1. The predicted octanol–water partition coefficient (Wildman–Crippen LogP) is 1.51. The van der Waals surface area contributed by atoms with Crippen molar-refractivity contribution in [3.8, 4) is 0 Å². The molecule has 0 heterocycles. The van der Waals surface area contributed by atoms with Gasteiger partial charge in [0.1, 0.15) is 6.04 Å². The third kappa shape index (κ3) is 19.0. The van der Waals surface area contributed by atoms with Crippen LogP contribution in [0.2, 0.25) is 0 Å². The first-order chi connectivity index (χ1) is 17.6. The Hall–Kier alpha value is -2.82. The monoisotopic (exact) mass is 516 g/mol. The van der Waals surface area contributed by atoms with Gasteiger partial charge in [-0.2, -0.15) is 0 Å². The highest BCUT2D eigenvalue weighted by Crippen LogP contribution is 2.03. The van der Waals surface area contributed by atoms with Gasteiger partial charge < -0.3 is 39.1 Å². The molecule has 0 spiro atoms. The molecule has 1 amide bonds. The topological polar surface area (TPSA) is 196 Å². The molecule has 37 heavy (non-hydrogen) atoms. The molecule has 0 aliphatic rings. The summed E-state index contributed by atoms with van der Waals surface area (Å²) in [6.45, 7) is 5.08. The minimum atomic E-state index is -0.955. The molecule has 2 aromatic rings. The zero-order valence-electron chi connectivity index (χ0n) is 22.4. The van der Waals surface area contributed by atoms with Crippen LogP contribution in [0.4, 0.5) is 0 Å². The highest BCUT2D eigenvalue weighted by Gasteiger charge is 2.15. The van der Waals surface area contributed by atoms with E-state index in [0.717, 1.165) is 19.3 Å². The summed E-state index contributed by atoms with van der Waals surface area (Å²) in [4.78, 5) is 21.8. The van der Waals surface area contributed by atoms with E-state index in [1.165, 1.54) is 11.1 Å². The Bertz CT molecular complexity index is 836. The fourth-order valence-electron chi connectivity index (χ4n) is 3.28. The van der Waals surface area contributed by atoms with Crippen LogP contribution in [0.25, 0.3) is 0 Å². The number of nitrogens with one attached hydrogen (secondary N) is 1. The van der Waals surface area contributed by atoms with Gasteiger partial charge in [-0.15, -0.1) is 0 Å². The maximum absolute atomic E-state index is 11.8. The molecular formula is C28H48N6O3. The lowest BCUT2D eigenvalue weighted by molar-refractivity contribution is -0.138. The van der Waals surface area contributed by atoms with Crippen molar-refractivity contribution in [2.45, 2.75) is 76.5 Å². The van der Waals surface area contributed by atoms with Crippen molar-refractivity contribution in [2.24, 2.45) is 28.7 Å². The van der Waals surface area contributed by atoms with Gasteiger partial charge in [0, 0.05) is 12.1 Å². The van der Waals surface area contributed by atoms with Crippen molar-refractivity contribution in [3.63, 3.8) is 0 Å². The summed E-state index contributed by atoms with van der Waals surface area (Å²) in [6.07, 6.45) is 4.35. The number of carbonyl (C=O) groups is 2. The smallest absolute Gasteiger partial charge is 0.320 e. The van der Waals surface area contributed by atoms with Crippen LogP contribution in [0.1, 0.15) is 50.7 Å². The number of benzene rings is 2. The Balaban J connectivity index is 0.000000577. The van der Waals surface area contributed by atoms with Crippen molar-refractivity contribution < 1.29 is 14.7 Å². The molecule has 0 radical (unpaired) electrons. The van der Waals surface area contributed by atoms with Gasteiger partial charge in [-0.1, -0.05) is 60.7 Å². The second kappa shape index (κ2) is 21.3. The summed E-state index contributed by atoms with van der Waals surface area (Å²) in [7, 11) is 0. The normalized spacial score (nSPS) is 13.5. The molecular weight excluding hydrogens is 468 g/mol. The van der Waals surface area contributed by atoms with Crippen LogP contribution < -0.4 is 34.0 Å². The molecule has 2 aromatic carbocycles. The number of carboxylic acids is 1. The molecule has 12 N–H and O–H groups in total. The Morgan fingerprint density at radius 2 is 1.19 bits per heavy atom. The Morgan fingerprint density at radius 3 is 1.59 bits per heavy atom. The standard InChI is InChI=1S/C14H23N3O.C9H13N.C5H12N2O2/c1-11(10-12-6-3-2-4-7-12)17-14(18)13(16)8-5-9-15;1-8(10)7-9-5-3-2-4-6-9;6-3-1-2-4(7)5(8)9/h2-4,6-7,11,13H,5,8-10,15-16H2,1H3,(H,17,18);2-6,8H,7,10H2,1H3;4H,1-3,6-7H2,(H,8,9). The van der Waals surface area contributed by atoms with Gasteiger partial charge in [-0.05, 0) is 76.6 Å². The van der Waals surface area contributed by atoms with Gasteiger partial charge in [-0.3, -0.25) is 9.59 Å². The van der Waals surface area contributed by atoms with Crippen molar-refractivity contribution in [1.82, 2.24) is 5.32 Å². The number of amides is 1. The van der Waals surface area contributed by atoms with Gasteiger partial charge in [0.15, 0.2) is 0 Å². The van der Waals surface area contributed by atoms with E-state index in [4.69, 9.17) is 33.8 Å². The molecule has 4 unspecified atom stereocenters. The van der Waals surface area contributed by atoms with E-state index in [-0.39, 0.29) is 18.0 Å². The van der Waals surface area contributed by atoms with Crippen molar-refractivity contribution in [1.29, 1.82) is 0 Å². The molecule has 208 valence electrons. The molecule has 0 aliphatic carbocycles. The van der Waals surface area contributed by atoms with E-state index < -0.39 is 18.1 Å². The molecule has 2 rings (SSSR count). The number of rotatable bonds is 13. The van der Waals surface area contributed by atoms with Crippen LogP contribution in [-0.2, 0) is 22.4 Å². The molecule has 0 saturated carbocycles. The fourth-order valence-corrected chi connectivity index (χ4v) is 3.28. The van der Waals surface area contributed by atoms with Crippen molar-refractivity contribution in [2.75, 3.05) is 13.1 Å². The van der Waals surface area contributed by atoms with E-state index in [0.29, 0.717) is 32.4 Å². The summed E-state index contributed by atoms with van der Waals surface area (Å²) < 4.78 is 0. The van der Waals surface area contributed by atoms with Crippen LogP contribution in [0, 0.1) is 0 Å². The van der Waals surface area contributed by atoms with E-state index in [9.17, 15) is 9.59 Å². The summed E-state index contributed by atoms with van der Waals surface area (Å²) in [5.41, 5.74) is 29.6. The number of carboxylic acid groups (broad SMARTS) is 1. The van der Waals surface area contributed by atoms with Crippen LogP contribution in [-0.4, -0.2) is 54.2 Å². The van der Waals surface area contributed by atoms with Crippen LogP contribution in [0.15, 0.2) is 60.7 Å². The van der Waals surface area contributed by atoms with Gasteiger partial charge in [-0.25, -0.2) is 0 Å². The molecule has 9 nitrogen and oxygen atoms in total. The minimum absolute atomic E-state index is 0.0869. The average molecular weight is 517 g/mol. The summed E-state index contributed by atoms with van der Waals surface area (Å²) in [5.74, 6) is -1.05. The van der Waals surface area contributed by atoms with E-state index in [1.807, 2.05) is 50.2 Å². The first-order valence-corrected chi connectivity index (χ1v) is 12.9. The van der Waals surface area contributed by atoms with E-state index >= 15 is 0 Å². The summed E-state index contributed by atoms with van der Waals surface area (Å²) >= 11 is 0. The SMILES string of the molecule is CC(Cc1ccccc1)NC(=O)C(N)CCCN.CC(N)Cc1ccccc1.NCCCC(N)C(=O)O. The maximum Gasteiger partial charge on any atom is 0.320 e. The maximum atomic E-state index is 11.8. The first kappa shape index (κ1) is 34.2. The Labute approximate surface area is 222 Å². The largest absolute Gasteiger partial charge is 0.480 e. The predicted molar refractivity (Wildman–Crippen MR) is 152 cm³/mol. The minimum Gasteiger partial charge on any atom is -0.480 e. The molecule has 4 atom stereocenters. The van der Waals surface area contributed by atoms with E-state index in [1.54, 1.807) is 0 Å². The number of aliphatic carboxylic acids is 1. The number of hydrogen-bond donors (Lipinski definition) is 7. The number of nitrogens with two attached hydrogens (primary N) is 5. The van der Waals surface area contributed by atoms with Crippen molar-refractivity contribution in [3.05, 3.63) is 71.8 Å². The highest BCUT2D eigenvalue weighted by atomic mass is 16.4. The lowest BCUT2D eigenvalue weighted by Gasteiger charge is -2.17.